The first-order valence-corrected chi connectivity index (χ1v) is 7.84. The average molecular weight is 404 g/mol. The third kappa shape index (κ3) is 7.21. The second-order valence-electron chi connectivity index (χ2n) is 5.84. The number of aryl methyl sites for hydroxylation is 1. The topological polar surface area (TPSA) is 71.4 Å². The largest absolute Gasteiger partial charge is 0.492 e. The molecular formula is C17H27Cl2N5O2. The maximum atomic E-state index is 12.5. The lowest BCUT2D eigenvalue weighted by atomic mass is 10.1. The van der Waals surface area contributed by atoms with Crippen molar-refractivity contribution in [1.82, 2.24) is 20.0 Å². The van der Waals surface area contributed by atoms with Gasteiger partial charge in [0.15, 0.2) is 0 Å². The van der Waals surface area contributed by atoms with E-state index in [4.69, 9.17) is 4.74 Å². The number of carbonyl (C=O) groups excluding carboxylic acids is 1. The molecule has 146 valence electrons. The first-order chi connectivity index (χ1) is 11.5. The van der Waals surface area contributed by atoms with E-state index in [0.29, 0.717) is 12.3 Å². The number of anilines is 1. The van der Waals surface area contributed by atoms with Gasteiger partial charge in [0, 0.05) is 37.1 Å². The Hall–Kier alpha value is -1.80. The van der Waals surface area contributed by atoms with E-state index in [2.05, 4.69) is 20.6 Å². The quantitative estimate of drug-likeness (QED) is 0.705. The molecule has 0 aliphatic rings. The fourth-order valence-electron chi connectivity index (χ4n) is 2.26. The highest BCUT2D eigenvalue weighted by molar-refractivity contribution is 5.95. The van der Waals surface area contributed by atoms with Crippen molar-refractivity contribution >= 4 is 36.4 Å². The van der Waals surface area contributed by atoms with Gasteiger partial charge in [-0.3, -0.25) is 9.48 Å². The van der Waals surface area contributed by atoms with Crippen LogP contribution in [0, 0.1) is 0 Å². The van der Waals surface area contributed by atoms with Crippen molar-refractivity contribution in [3.8, 4) is 5.75 Å². The number of carbonyl (C=O) groups is 1. The molecule has 9 heteroatoms. The van der Waals surface area contributed by atoms with Crippen molar-refractivity contribution in [1.29, 1.82) is 0 Å². The standard InChI is InChI=1S/C17H25N5O2.2ClH/c1-18-16(13-11-19-22(4)12-13)17(23)20-14-6-5-7-15(10-14)24-9-8-21(2)3;;/h5-7,10-12,16,18H,8-9H2,1-4H3,(H,20,23);2*1H. The number of hydrogen-bond donors (Lipinski definition) is 2. The number of benzene rings is 1. The molecule has 1 amide bonds. The number of aromatic nitrogens is 2. The molecule has 0 aliphatic heterocycles. The van der Waals surface area contributed by atoms with Crippen molar-refractivity contribution in [3.05, 3.63) is 42.2 Å². The summed E-state index contributed by atoms with van der Waals surface area (Å²) in [4.78, 5) is 14.6. The van der Waals surface area contributed by atoms with E-state index in [1.54, 1.807) is 17.9 Å². The third-order valence-corrected chi connectivity index (χ3v) is 3.52. The normalized spacial score (nSPS) is 11.3. The molecule has 2 N–H and O–H groups in total. The second-order valence-corrected chi connectivity index (χ2v) is 5.84. The summed E-state index contributed by atoms with van der Waals surface area (Å²) in [5.74, 6) is 0.591. The van der Waals surface area contributed by atoms with E-state index < -0.39 is 6.04 Å². The molecule has 0 saturated heterocycles. The zero-order valence-electron chi connectivity index (χ0n) is 15.4. The number of nitrogens with zero attached hydrogens (tertiary/aromatic N) is 3. The van der Waals surface area contributed by atoms with Crippen LogP contribution < -0.4 is 15.4 Å². The van der Waals surface area contributed by atoms with Gasteiger partial charge in [0.05, 0.1) is 6.20 Å². The van der Waals surface area contributed by atoms with Crippen LogP contribution in [0.2, 0.25) is 0 Å². The van der Waals surface area contributed by atoms with Crippen LogP contribution in [0.25, 0.3) is 0 Å². The molecule has 2 rings (SSSR count). The highest BCUT2D eigenvalue weighted by atomic mass is 35.5. The molecule has 1 heterocycles. The summed E-state index contributed by atoms with van der Waals surface area (Å²) < 4.78 is 7.36. The SMILES string of the molecule is CNC(C(=O)Nc1cccc(OCCN(C)C)c1)c1cnn(C)c1.Cl.Cl. The molecule has 26 heavy (non-hydrogen) atoms. The van der Waals surface area contributed by atoms with Gasteiger partial charge in [-0.1, -0.05) is 6.07 Å². The summed E-state index contributed by atoms with van der Waals surface area (Å²) in [5.41, 5.74) is 1.52. The lowest BCUT2D eigenvalue weighted by Gasteiger charge is -2.15. The zero-order valence-corrected chi connectivity index (χ0v) is 17.1. The van der Waals surface area contributed by atoms with Gasteiger partial charge in [0.2, 0.25) is 5.91 Å². The third-order valence-electron chi connectivity index (χ3n) is 3.52. The number of rotatable bonds is 8. The van der Waals surface area contributed by atoms with Crippen molar-refractivity contribution in [2.45, 2.75) is 6.04 Å². The maximum Gasteiger partial charge on any atom is 0.246 e. The van der Waals surface area contributed by atoms with Gasteiger partial charge in [-0.25, -0.2) is 0 Å². The van der Waals surface area contributed by atoms with Gasteiger partial charge in [0.1, 0.15) is 18.4 Å². The average Bonchev–Trinajstić information content (AvgIpc) is 2.94. The first kappa shape index (κ1) is 24.2. The molecule has 0 fully saturated rings. The summed E-state index contributed by atoms with van der Waals surface area (Å²) in [6.45, 7) is 1.43. The van der Waals surface area contributed by atoms with Crippen molar-refractivity contribution in [3.63, 3.8) is 0 Å². The van der Waals surface area contributed by atoms with Gasteiger partial charge in [-0.15, -0.1) is 24.8 Å². The summed E-state index contributed by atoms with van der Waals surface area (Å²) in [5, 5.41) is 10.0. The molecule has 1 atom stereocenters. The molecule has 0 spiro atoms. The fourth-order valence-corrected chi connectivity index (χ4v) is 2.26. The maximum absolute atomic E-state index is 12.5. The summed E-state index contributed by atoms with van der Waals surface area (Å²) in [6, 6.07) is 6.94. The molecule has 1 unspecified atom stereocenters. The molecule has 0 aliphatic carbocycles. The van der Waals surface area contributed by atoms with Gasteiger partial charge >= 0.3 is 0 Å². The van der Waals surface area contributed by atoms with Crippen LogP contribution in [-0.2, 0) is 11.8 Å². The smallest absolute Gasteiger partial charge is 0.246 e. The van der Waals surface area contributed by atoms with Gasteiger partial charge < -0.3 is 20.3 Å². The number of amides is 1. The lowest BCUT2D eigenvalue weighted by molar-refractivity contribution is -0.118. The van der Waals surface area contributed by atoms with E-state index in [-0.39, 0.29) is 30.7 Å². The fraction of sp³-hybridized carbons (Fsp3) is 0.412. The number of nitrogens with one attached hydrogen (secondary N) is 2. The predicted octanol–water partition coefficient (Wildman–Crippen LogP) is 2.10. The Morgan fingerprint density at radius 3 is 2.65 bits per heavy atom. The van der Waals surface area contributed by atoms with E-state index in [9.17, 15) is 4.79 Å². The minimum atomic E-state index is -0.461. The Balaban J connectivity index is 0.00000312. The number of ether oxygens (including phenoxy) is 1. The minimum absolute atomic E-state index is 0. The van der Waals surface area contributed by atoms with Crippen LogP contribution in [0.3, 0.4) is 0 Å². The first-order valence-electron chi connectivity index (χ1n) is 7.84. The van der Waals surface area contributed by atoms with E-state index in [1.165, 1.54) is 0 Å². The van der Waals surface area contributed by atoms with Crippen LogP contribution in [0.5, 0.6) is 5.75 Å². The van der Waals surface area contributed by atoms with Gasteiger partial charge in [0.25, 0.3) is 0 Å². The molecule has 0 saturated carbocycles. The van der Waals surface area contributed by atoms with Gasteiger partial charge in [-0.05, 0) is 33.3 Å². The molecular weight excluding hydrogens is 377 g/mol. The van der Waals surface area contributed by atoms with Crippen LogP contribution in [0.4, 0.5) is 5.69 Å². The number of halogens is 2. The molecule has 0 bridgehead atoms. The monoisotopic (exact) mass is 403 g/mol. The predicted molar refractivity (Wildman–Crippen MR) is 109 cm³/mol. The highest BCUT2D eigenvalue weighted by Gasteiger charge is 2.20. The Bertz CT molecular complexity index is 679. The van der Waals surface area contributed by atoms with Crippen LogP contribution in [0.15, 0.2) is 36.7 Å². The molecule has 1 aromatic heterocycles. The summed E-state index contributed by atoms with van der Waals surface area (Å²) >= 11 is 0. The van der Waals surface area contributed by atoms with Crippen molar-refractivity contribution in [2.24, 2.45) is 7.05 Å². The van der Waals surface area contributed by atoms with Crippen LogP contribution >= 0.6 is 24.8 Å². The number of likely N-dealkylation sites (N-methyl/N-ethyl adjacent to an activating group) is 2. The van der Waals surface area contributed by atoms with E-state index in [1.807, 2.05) is 51.6 Å². The second kappa shape index (κ2) is 11.7. The van der Waals surface area contributed by atoms with E-state index in [0.717, 1.165) is 17.9 Å². The molecule has 1 aromatic carbocycles. The number of hydrogen-bond acceptors (Lipinski definition) is 5. The van der Waals surface area contributed by atoms with Crippen molar-refractivity contribution in [2.75, 3.05) is 39.6 Å². The zero-order chi connectivity index (χ0) is 17.5. The Morgan fingerprint density at radius 1 is 1.35 bits per heavy atom. The summed E-state index contributed by atoms with van der Waals surface area (Å²) in [7, 11) is 7.56. The minimum Gasteiger partial charge on any atom is -0.492 e. The van der Waals surface area contributed by atoms with Crippen LogP contribution in [0.1, 0.15) is 11.6 Å². The lowest BCUT2D eigenvalue weighted by Crippen LogP contribution is -2.30. The summed E-state index contributed by atoms with van der Waals surface area (Å²) in [6.07, 6.45) is 3.50. The van der Waals surface area contributed by atoms with Crippen LogP contribution in [-0.4, -0.2) is 54.9 Å². The molecule has 7 nitrogen and oxygen atoms in total. The Morgan fingerprint density at radius 2 is 2.08 bits per heavy atom. The highest BCUT2D eigenvalue weighted by Crippen LogP contribution is 2.20. The Labute approximate surface area is 166 Å². The Kier molecular flexibility index (Phi) is 10.9. The van der Waals surface area contributed by atoms with E-state index >= 15 is 0 Å². The molecule has 2 aromatic rings. The van der Waals surface area contributed by atoms with Crippen molar-refractivity contribution < 1.29 is 9.53 Å². The molecule has 0 radical (unpaired) electrons. The van der Waals surface area contributed by atoms with Gasteiger partial charge in [-0.2, -0.15) is 5.10 Å².